The van der Waals surface area contributed by atoms with Gasteiger partial charge in [0.15, 0.2) is 8.32 Å². The Hall–Kier alpha value is 0.311. The molecule has 0 bridgehead atoms. The minimum atomic E-state index is -1.93. The van der Waals surface area contributed by atoms with Crippen LogP contribution in [-0.4, -0.2) is 25.2 Å². The summed E-state index contributed by atoms with van der Waals surface area (Å²) >= 11 is 0. The van der Waals surface area contributed by atoms with Crippen molar-refractivity contribution in [3.05, 3.63) is 10.9 Å². The maximum Gasteiger partial charge on any atom is 0.311 e. The van der Waals surface area contributed by atoms with Gasteiger partial charge in [0.2, 0.25) is 8.32 Å². The van der Waals surface area contributed by atoms with Crippen molar-refractivity contribution >= 4 is 25.2 Å². The van der Waals surface area contributed by atoms with Gasteiger partial charge in [-0.2, -0.15) is 0 Å². The molecule has 0 saturated carbocycles. The van der Waals surface area contributed by atoms with E-state index in [9.17, 15) is 0 Å². The summed E-state index contributed by atoms with van der Waals surface area (Å²) in [7, 11) is -5.32. The Morgan fingerprint density at radius 1 is 0.944 bits per heavy atom. The van der Waals surface area contributed by atoms with Gasteiger partial charge in [-0.3, -0.25) is 0 Å². The van der Waals surface area contributed by atoms with E-state index < -0.39 is 25.2 Å². The summed E-state index contributed by atoms with van der Waals surface area (Å²) in [5, 5.41) is 1.60. The average Bonchev–Trinajstić information content (AvgIpc) is 2.17. The maximum atomic E-state index is 6.49. The van der Waals surface area contributed by atoms with E-state index >= 15 is 0 Å². The minimum absolute atomic E-state index is 1.22. The van der Waals surface area contributed by atoms with Crippen molar-refractivity contribution in [2.45, 2.75) is 71.9 Å². The first-order chi connectivity index (χ1) is 8.08. The summed E-state index contributed by atoms with van der Waals surface area (Å²) < 4.78 is 12.9. The summed E-state index contributed by atoms with van der Waals surface area (Å²) in [5.74, 6) is 0. The molecule has 1 heterocycles. The molecule has 0 unspecified atom stereocenters. The molecule has 1 aliphatic rings. The van der Waals surface area contributed by atoms with Crippen LogP contribution < -0.4 is 0 Å². The van der Waals surface area contributed by atoms with Gasteiger partial charge in [-0.15, -0.1) is 0 Å². The monoisotopic (exact) mass is 302 g/mol. The number of unbranched alkanes of at least 4 members (excludes halogenated alkanes) is 2. The summed E-state index contributed by atoms with van der Waals surface area (Å²) in [6.45, 7) is 16.0. The van der Waals surface area contributed by atoms with Crippen molar-refractivity contribution in [2.24, 2.45) is 0 Å². The molecule has 0 aromatic heterocycles. The first-order valence-corrected chi connectivity index (χ1v) is 15.9. The summed E-state index contributed by atoms with van der Waals surface area (Å²) in [6.07, 6.45) is 5.13. The molecule has 5 heteroatoms. The first kappa shape index (κ1) is 16.4. The maximum absolute atomic E-state index is 6.49. The van der Waals surface area contributed by atoms with Gasteiger partial charge in [0.1, 0.15) is 0 Å². The second kappa shape index (κ2) is 5.75. The highest BCUT2D eigenvalue weighted by molar-refractivity contribution is 6.94. The first-order valence-electron chi connectivity index (χ1n) is 7.20. The van der Waals surface area contributed by atoms with Gasteiger partial charge in [0.25, 0.3) is 0 Å². The number of hydrogen-bond donors (Lipinski definition) is 0. The van der Waals surface area contributed by atoms with Gasteiger partial charge >= 0.3 is 8.56 Å². The zero-order valence-electron chi connectivity index (χ0n) is 13.2. The molecule has 0 aromatic carbocycles. The predicted molar refractivity (Wildman–Crippen MR) is 86.8 cm³/mol. The fourth-order valence-electron chi connectivity index (χ4n) is 2.90. The van der Waals surface area contributed by atoms with Crippen molar-refractivity contribution in [1.82, 2.24) is 0 Å². The quantitative estimate of drug-likeness (QED) is 0.552. The topological polar surface area (TPSA) is 18.5 Å². The summed E-state index contributed by atoms with van der Waals surface area (Å²) in [4.78, 5) is 0. The minimum Gasteiger partial charge on any atom is -0.433 e. The van der Waals surface area contributed by atoms with E-state index in [-0.39, 0.29) is 0 Å². The lowest BCUT2D eigenvalue weighted by Crippen LogP contribution is -2.49. The molecule has 0 spiro atoms. The van der Waals surface area contributed by atoms with Crippen molar-refractivity contribution in [2.75, 3.05) is 0 Å². The van der Waals surface area contributed by atoms with Crippen LogP contribution in [0.15, 0.2) is 10.9 Å². The van der Waals surface area contributed by atoms with Gasteiger partial charge in [0.05, 0.1) is 0 Å². The molecule has 106 valence electrons. The Kier molecular flexibility index (Phi) is 5.22. The summed E-state index contributed by atoms with van der Waals surface area (Å²) in [6, 6.07) is 0. The fourth-order valence-corrected chi connectivity index (χ4v) is 18.4. The predicted octanol–water partition coefficient (Wildman–Crippen LogP) is 4.73. The van der Waals surface area contributed by atoms with E-state index in [1.807, 2.05) is 0 Å². The molecule has 0 atom stereocenters. The number of rotatable bonds is 4. The van der Waals surface area contributed by atoms with Gasteiger partial charge in [-0.25, -0.2) is 0 Å². The highest BCUT2D eigenvalue weighted by Crippen LogP contribution is 2.33. The van der Waals surface area contributed by atoms with Crippen LogP contribution in [0.1, 0.15) is 32.6 Å². The molecule has 0 aliphatic carbocycles. The molecule has 0 amide bonds. The Morgan fingerprint density at radius 2 is 1.56 bits per heavy atom. The third-order valence-electron chi connectivity index (χ3n) is 3.35. The normalized spacial score (nSPS) is 25.4. The molecule has 1 aliphatic heterocycles. The third-order valence-corrected chi connectivity index (χ3v) is 14.7. The van der Waals surface area contributed by atoms with E-state index in [4.69, 9.17) is 8.23 Å². The smallest absolute Gasteiger partial charge is 0.311 e. The molecular formula is C13H30O2Si3. The van der Waals surface area contributed by atoms with Gasteiger partial charge in [-0.05, 0) is 52.1 Å². The molecule has 0 fully saturated rings. The zero-order valence-corrected chi connectivity index (χ0v) is 16.2. The van der Waals surface area contributed by atoms with Crippen LogP contribution in [0.5, 0.6) is 0 Å². The SMILES string of the molecule is CCCCCC1=C[Si](C)(C)O[Si](C)(C)O[Si]1(C)C. The second-order valence-electron chi connectivity index (χ2n) is 6.84. The van der Waals surface area contributed by atoms with Crippen molar-refractivity contribution in [3.63, 3.8) is 0 Å². The van der Waals surface area contributed by atoms with E-state index in [0.717, 1.165) is 0 Å². The van der Waals surface area contributed by atoms with E-state index in [0.29, 0.717) is 0 Å². The van der Waals surface area contributed by atoms with Crippen LogP contribution in [0, 0.1) is 0 Å². The van der Waals surface area contributed by atoms with Crippen molar-refractivity contribution in [3.8, 4) is 0 Å². The molecule has 0 saturated heterocycles. The van der Waals surface area contributed by atoms with Gasteiger partial charge < -0.3 is 8.23 Å². The van der Waals surface area contributed by atoms with E-state index in [2.05, 4.69) is 51.9 Å². The largest absolute Gasteiger partial charge is 0.433 e. The van der Waals surface area contributed by atoms with E-state index in [1.54, 1.807) is 5.20 Å². The third kappa shape index (κ3) is 4.77. The molecule has 0 aromatic rings. The van der Waals surface area contributed by atoms with Crippen LogP contribution >= 0.6 is 0 Å². The molecule has 0 radical (unpaired) electrons. The summed E-state index contributed by atoms with van der Waals surface area (Å²) in [5.41, 5.74) is 2.50. The Morgan fingerprint density at radius 3 is 2.11 bits per heavy atom. The average molecular weight is 303 g/mol. The zero-order chi connectivity index (χ0) is 14.0. The number of hydrogen-bond acceptors (Lipinski definition) is 2. The Bertz CT molecular complexity index is 322. The number of allylic oxidation sites excluding steroid dienone is 1. The van der Waals surface area contributed by atoms with Crippen molar-refractivity contribution < 1.29 is 8.23 Å². The van der Waals surface area contributed by atoms with Crippen LogP contribution in [-0.2, 0) is 8.23 Å². The van der Waals surface area contributed by atoms with Crippen LogP contribution in [0.4, 0.5) is 0 Å². The lowest BCUT2D eigenvalue weighted by atomic mass is 10.2. The standard InChI is InChI=1S/C13H30O2Si3/c1-8-9-10-11-13-12-16(2,3)14-18(6,7)15-17(13,4)5/h12H,8-11H2,1-7H3. The lowest BCUT2D eigenvalue weighted by molar-refractivity contribution is 0.402. The molecule has 2 nitrogen and oxygen atoms in total. The van der Waals surface area contributed by atoms with E-state index in [1.165, 1.54) is 25.7 Å². The molecule has 18 heavy (non-hydrogen) atoms. The highest BCUT2D eigenvalue weighted by Gasteiger charge is 2.44. The van der Waals surface area contributed by atoms with Crippen LogP contribution in [0.25, 0.3) is 0 Å². The van der Waals surface area contributed by atoms with Gasteiger partial charge in [0, 0.05) is 0 Å². The van der Waals surface area contributed by atoms with Gasteiger partial charge in [-0.1, -0.05) is 30.7 Å². The highest BCUT2D eigenvalue weighted by atomic mass is 28.5. The molecule has 0 N–H and O–H groups in total. The molecule has 1 rings (SSSR count). The fraction of sp³-hybridized carbons (Fsp3) is 0.846. The van der Waals surface area contributed by atoms with Crippen LogP contribution in [0.3, 0.4) is 0 Å². The van der Waals surface area contributed by atoms with Crippen molar-refractivity contribution in [1.29, 1.82) is 0 Å². The Labute approximate surface area is 116 Å². The molecular weight excluding hydrogens is 272 g/mol. The lowest BCUT2D eigenvalue weighted by Gasteiger charge is -2.34. The van der Waals surface area contributed by atoms with Crippen LogP contribution in [0.2, 0.25) is 39.3 Å². The second-order valence-corrected chi connectivity index (χ2v) is 18.4. The Balaban J connectivity index is 2.93.